The molecule has 0 saturated carbocycles. The van der Waals surface area contributed by atoms with Gasteiger partial charge in [0.05, 0.1) is 18.7 Å². The summed E-state index contributed by atoms with van der Waals surface area (Å²) < 4.78 is 5.62. The van der Waals surface area contributed by atoms with E-state index < -0.39 is 0 Å². The Balaban J connectivity index is 1.98. The summed E-state index contributed by atoms with van der Waals surface area (Å²) in [5.41, 5.74) is 0.916. The maximum atomic E-state index is 12.1. The van der Waals surface area contributed by atoms with Crippen molar-refractivity contribution in [2.75, 3.05) is 23.8 Å². The lowest BCUT2D eigenvalue weighted by atomic mass is 10.2. The minimum Gasteiger partial charge on any atom is -0.491 e. The lowest BCUT2D eigenvalue weighted by Gasteiger charge is -2.21. The molecule has 104 valence electrons. The largest absolute Gasteiger partial charge is 0.491 e. The molecule has 0 bridgehead atoms. The quantitative estimate of drug-likeness (QED) is 0.639. The molecule has 2 rings (SSSR count). The van der Waals surface area contributed by atoms with E-state index in [0.29, 0.717) is 13.0 Å². The van der Waals surface area contributed by atoms with E-state index in [1.54, 1.807) is 0 Å². The van der Waals surface area contributed by atoms with Crippen LogP contribution in [0.3, 0.4) is 0 Å². The van der Waals surface area contributed by atoms with Crippen molar-refractivity contribution in [2.24, 2.45) is 0 Å². The predicted octanol–water partition coefficient (Wildman–Crippen LogP) is 3.29. The molecular weight excluding hydrogens is 258 g/mol. The third-order valence-electron chi connectivity index (χ3n) is 3.32. The SMILES string of the molecule is O=C1CCOc2ccccc2N1CCCCCCS. The van der Waals surface area contributed by atoms with E-state index in [4.69, 9.17) is 4.74 Å². The Labute approximate surface area is 120 Å². The Kier molecular flexibility index (Phi) is 5.58. The summed E-state index contributed by atoms with van der Waals surface area (Å²) in [6, 6.07) is 7.79. The first-order chi connectivity index (χ1) is 9.33. The van der Waals surface area contributed by atoms with Crippen molar-refractivity contribution in [3.05, 3.63) is 24.3 Å². The fraction of sp³-hybridized carbons (Fsp3) is 0.533. The third kappa shape index (κ3) is 3.90. The van der Waals surface area contributed by atoms with E-state index >= 15 is 0 Å². The number of anilines is 1. The number of benzene rings is 1. The van der Waals surface area contributed by atoms with E-state index in [2.05, 4.69) is 12.6 Å². The Morgan fingerprint density at radius 1 is 1.16 bits per heavy atom. The molecule has 0 N–H and O–H groups in total. The second-order valence-electron chi connectivity index (χ2n) is 4.75. The summed E-state index contributed by atoms with van der Waals surface area (Å²) in [6.45, 7) is 1.26. The molecule has 4 heteroatoms. The van der Waals surface area contributed by atoms with Crippen molar-refractivity contribution in [1.29, 1.82) is 0 Å². The number of hydrogen-bond acceptors (Lipinski definition) is 3. The van der Waals surface area contributed by atoms with Gasteiger partial charge >= 0.3 is 0 Å². The molecular formula is C15H21NO2S. The number of fused-ring (bicyclic) bond motifs is 1. The van der Waals surface area contributed by atoms with Gasteiger partial charge in [-0.1, -0.05) is 25.0 Å². The number of carbonyl (C=O) groups is 1. The van der Waals surface area contributed by atoms with Crippen LogP contribution < -0.4 is 9.64 Å². The normalized spacial score (nSPS) is 14.8. The Bertz CT molecular complexity index is 422. The zero-order valence-electron chi connectivity index (χ0n) is 11.2. The zero-order valence-corrected chi connectivity index (χ0v) is 12.1. The fourth-order valence-electron chi connectivity index (χ4n) is 2.30. The highest BCUT2D eigenvalue weighted by molar-refractivity contribution is 7.80. The summed E-state index contributed by atoms with van der Waals surface area (Å²) in [5, 5.41) is 0. The van der Waals surface area contributed by atoms with Crippen LogP contribution >= 0.6 is 12.6 Å². The van der Waals surface area contributed by atoms with E-state index in [-0.39, 0.29) is 5.91 Å². The summed E-state index contributed by atoms with van der Waals surface area (Å²) in [5.74, 6) is 1.93. The summed E-state index contributed by atoms with van der Waals surface area (Å²) in [6.07, 6.45) is 4.98. The molecule has 1 aromatic rings. The molecule has 0 aromatic heterocycles. The number of carbonyl (C=O) groups excluding carboxylic acids is 1. The number of rotatable bonds is 6. The first kappa shape index (κ1) is 14.3. The molecule has 19 heavy (non-hydrogen) atoms. The minimum atomic E-state index is 0.166. The number of amides is 1. The van der Waals surface area contributed by atoms with Gasteiger partial charge in [0.25, 0.3) is 0 Å². The first-order valence-electron chi connectivity index (χ1n) is 6.96. The molecule has 0 unspecified atom stereocenters. The van der Waals surface area contributed by atoms with E-state index in [9.17, 15) is 4.79 Å². The van der Waals surface area contributed by atoms with Crippen LogP contribution in [0.15, 0.2) is 24.3 Å². The number of hydrogen-bond donors (Lipinski definition) is 1. The van der Waals surface area contributed by atoms with Crippen LogP contribution in [0.25, 0.3) is 0 Å². The molecule has 3 nitrogen and oxygen atoms in total. The highest BCUT2D eigenvalue weighted by atomic mass is 32.1. The summed E-state index contributed by atoms with van der Waals surface area (Å²) in [7, 11) is 0. The second-order valence-corrected chi connectivity index (χ2v) is 5.20. The zero-order chi connectivity index (χ0) is 13.5. The lowest BCUT2D eigenvalue weighted by molar-refractivity contribution is -0.118. The van der Waals surface area contributed by atoms with Crippen LogP contribution in [0.2, 0.25) is 0 Å². The van der Waals surface area contributed by atoms with Gasteiger partial charge in [-0.05, 0) is 30.7 Å². The monoisotopic (exact) mass is 279 g/mol. The molecule has 0 spiro atoms. The van der Waals surface area contributed by atoms with Crippen molar-refractivity contribution in [2.45, 2.75) is 32.1 Å². The Hall–Kier alpha value is -1.16. The van der Waals surface area contributed by atoms with Crippen molar-refractivity contribution < 1.29 is 9.53 Å². The molecule has 0 fully saturated rings. The van der Waals surface area contributed by atoms with Gasteiger partial charge in [0, 0.05) is 6.54 Å². The maximum absolute atomic E-state index is 12.1. The number of thiol groups is 1. The number of para-hydroxylation sites is 2. The topological polar surface area (TPSA) is 29.5 Å². The third-order valence-corrected chi connectivity index (χ3v) is 3.64. The average molecular weight is 279 g/mol. The molecule has 0 saturated heterocycles. The van der Waals surface area contributed by atoms with Crippen molar-refractivity contribution in [3.8, 4) is 5.75 Å². The van der Waals surface area contributed by atoms with Crippen molar-refractivity contribution in [1.82, 2.24) is 0 Å². The molecule has 1 aromatic carbocycles. The van der Waals surface area contributed by atoms with Gasteiger partial charge in [-0.2, -0.15) is 12.6 Å². The fourth-order valence-corrected chi connectivity index (χ4v) is 2.52. The van der Waals surface area contributed by atoms with Gasteiger partial charge in [0.2, 0.25) is 5.91 Å². The van der Waals surface area contributed by atoms with Gasteiger partial charge in [-0.15, -0.1) is 0 Å². The highest BCUT2D eigenvalue weighted by Crippen LogP contribution is 2.31. The Morgan fingerprint density at radius 2 is 1.95 bits per heavy atom. The number of unbranched alkanes of at least 4 members (excludes halogenated alkanes) is 3. The molecule has 0 radical (unpaired) electrons. The van der Waals surface area contributed by atoms with Gasteiger partial charge in [0.1, 0.15) is 5.75 Å². The maximum Gasteiger partial charge on any atom is 0.230 e. The van der Waals surface area contributed by atoms with Crippen molar-refractivity contribution >= 4 is 24.2 Å². The molecule has 0 atom stereocenters. The minimum absolute atomic E-state index is 0.166. The summed E-state index contributed by atoms with van der Waals surface area (Å²) >= 11 is 4.21. The van der Waals surface area contributed by atoms with E-state index in [1.807, 2.05) is 29.2 Å². The molecule has 1 amide bonds. The number of ether oxygens (including phenoxy) is 1. The van der Waals surface area contributed by atoms with E-state index in [1.165, 1.54) is 6.42 Å². The standard InChI is InChI=1S/C15H21NO2S/c17-15-9-11-18-14-8-4-3-7-13(14)16(15)10-5-1-2-6-12-19/h3-4,7-8,19H,1-2,5-6,9-12H2. The predicted molar refractivity (Wildman–Crippen MR) is 81.2 cm³/mol. The van der Waals surface area contributed by atoms with E-state index in [0.717, 1.165) is 43.0 Å². The Morgan fingerprint density at radius 3 is 2.79 bits per heavy atom. The van der Waals surface area contributed by atoms with Crippen LogP contribution in [0.5, 0.6) is 5.75 Å². The lowest BCUT2D eigenvalue weighted by Crippen LogP contribution is -2.31. The highest BCUT2D eigenvalue weighted by Gasteiger charge is 2.22. The van der Waals surface area contributed by atoms with Crippen molar-refractivity contribution in [3.63, 3.8) is 0 Å². The van der Waals surface area contributed by atoms with Gasteiger partial charge in [0.15, 0.2) is 0 Å². The van der Waals surface area contributed by atoms with Gasteiger partial charge in [-0.25, -0.2) is 0 Å². The molecule has 1 aliphatic rings. The average Bonchev–Trinajstić information content (AvgIpc) is 2.58. The molecule has 0 aliphatic carbocycles. The number of nitrogens with zero attached hydrogens (tertiary/aromatic N) is 1. The summed E-state index contributed by atoms with van der Waals surface area (Å²) in [4.78, 5) is 14.0. The van der Waals surface area contributed by atoms with Crippen LogP contribution in [0.1, 0.15) is 32.1 Å². The van der Waals surface area contributed by atoms with Crippen LogP contribution in [0.4, 0.5) is 5.69 Å². The van der Waals surface area contributed by atoms with Crippen LogP contribution in [-0.2, 0) is 4.79 Å². The smallest absolute Gasteiger partial charge is 0.230 e. The first-order valence-corrected chi connectivity index (χ1v) is 7.59. The van der Waals surface area contributed by atoms with Crippen LogP contribution in [0, 0.1) is 0 Å². The van der Waals surface area contributed by atoms with Crippen LogP contribution in [-0.4, -0.2) is 24.8 Å². The van der Waals surface area contributed by atoms with Gasteiger partial charge < -0.3 is 9.64 Å². The molecule has 1 heterocycles. The molecule has 1 aliphatic heterocycles. The van der Waals surface area contributed by atoms with Gasteiger partial charge in [-0.3, -0.25) is 4.79 Å². The second kappa shape index (κ2) is 7.43.